The number of H-pyrrole nitrogens is 1. The molecule has 0 aliphatic heterocycles. The third-order valence-corrected chi connectivity index (χ3v) is 8.60. The summed E-state index contributed by atoms with van der Waals surface area (Å²) in [5, 5.41) is 32.0. The van der Waals surface area contributed by atoms with Crippen LogP contribution in [0.3, 0.4) is 0 Å². The number of carboxylic acid groups (broad SMARTS) is 1. The van der Waals surface area contributed by atoms with Gasteiger partial charge in [-0.25, -0.2) is 14.2 Å². The molecule has 0 bridgehead atoms. The number of aromatic nitrogens is 4. The summed E-state index contributed by atoms with van der Waals surface area (Å²) in [4.78, 5) is 55.7. The lowest BCUT2D eigenvalue weighted by molar-refractivity contribution is -0.130. The van der Waals surface area contributed by atoms with Gasteiger partial charge in [0.1, 0.15) is 11.9 Å². The Morgan fingerprint density at radius 2 is 1.78 bits per heavy atom. The predicted octanol–water partition coefficient (Wildman–Crippen LogP) is 4.05. The number of hydroxylamine groups is 2. The molecule has 15 heteroatoms. The Bertz CT molecular complexity index is 1780. The van der Waals surface area contributed by atoms with Gasteiger partial charge < -0.3 is 21.1 Å². The quantitative estimate of drug-likeness (QED) is 0.138. The van der Waals surface area contributed by atoms with E-state index in [1.54, 1.807) is 48.5 Å². The number of carbonyl (C=O) groups is 4. The van der Waals surface area contributed by atoms with Gasteiger partial charge in [0.25, 0.3) is 5.91 Å². The first-order valence-electron chi connectivity index (χ1n) is 15.7. The van der Waals surface area contributed by atoms with Gasteiger partial charge in [-0.2, -0.15) is 5.21 Å². The van der Waals surface area contributed by atoms with Crippen LogP contribution in [-0.4, -0.2) is 81.4 Å². The summed E-state index contributed by atoms with van der Waals surface area (Å²) >= 11 is 0. The second-order valence-electron chi connectivity index (χ2n) is 11.9. The number of hydrogen-bond acceptors (Lipinski definition) is 8. The minimum absolute atomic E-state index is 0.0941. The standard InChI is InChI=1S/C34H37FN8O6/c1-43(49-2)33(46)25-12-15-28(35)27(18-25)24-5-3-4-21(16-24)17-29(38-31(44)23-8-6-20(7-9-23)19-36-34(47)48)32(45)37-26-13-10-22(11-14-26)30-39-41-42-40-30/h3-5,10-16,18,20,23,29,36H,6-9,17,19H2,1-2H3,(H,37,45)(H,38,44)(H,47,48)(H,39,40,41,42)/t20?,23?,29-/m0/s1. The minimum atomic E-state index is -1.08. The zero-order chi connectivity index (χ0) is 34.9. The van der Waals surface area contributed by atoms with Gasteiger partial charge in [-0.1, -0.05) is 24.3 Å². The van der Waals surface area contributed by atoms with Crippen molar-refractivity contribution in [2.75, 3.05) is 26.0 Å². The van der Waals surface area contributed by atoms with Crippen LogP contribution in [0.5, 0.6) is 0 Å². The minimum Gasteiger partial charge on any atom is -0.465 e. The average Bonchev–Trinajstić information content (AvgIpc) is 3.66. The van der Waals surface area contributed by atoms with E-state index >= 15 is 4.39 Å². The molecule has 5 N–H and O–H groups in total. The number of rotatable bonds is 12. The highest BCUT2D eigenvalue weighted by Gasteiger charge is 2.30. The molecule has 0 radical (unpaired) electrons. The molecule has 1 atom stereocenters. The van der Waals surface area contributed by atoms with Gasteiger partial charge in [0.15, 0.2) is 0 Å². The van der Waals surface area contributed by atoms with Crippen molar-refractivity contribution in [3.05, 3.63) is 83.7 Å². The van der Waals surface area contributed by atoms with Crippen LogP contribution in [0.15, 0.2) is 66.7 Å². The van der Waals surface area contributed by atoms with E-state index in [-0.39, 0.29) is 35.3 Å². The largest absolute Gasteiger partial charge is 0.465 e. The van der Waals surface area contributed by atoms with E-state index in [0.717, 1.165) is 5.06 Å². The maximum absolute atomic E-state index is 15.1. The summed E-state index contributed by atoms with van der Waals surface area (Å²) in [5.41, 5.74) is 2.74. The molecule has 1 saturated carbocycles. The van der Waals surface area contributed by atoms with E-state index in [1.807, 2.05) is 0 Å². The Kier molecular flexibility index (Phi) is 11.3. The number of aromatic amines is 1. The van der Waals surface area contributed by atoms with Gasteiger partial charge in [-0.15, -0.1) is 10.2 Å². The summed E-state index contributed by atoms with van der Waals surface area (Å²) in [6.07, 6.45) is 1.49. The molecule has 4 aromatic rings. The van der Waals surface area contributed by atoms with Gasteiger partial charge in [0.2, 0.25) is 17.6 Å². The first-order chi connectivity index (χ1) is 23.6. The van der Waals surface area contributed by atoms with Crippen molar-refractivity contribution in [2.24, 2.45) is 11.8 Å². The molecule has 0 spiro atoms. The van der Waals surface area contributed by atoms with Crippen LogP contribution in [0, 0.1) is 17.7 Å². The van der Waals surface area contributed by atoms with Crippen molar-refractivity contribution >= 4 is 29.5 Å². The van der Waals surface area contributed by atoms with Crippen LogP contribution < -0.4 is 16.0 Å². The number of carbonyl (C=O) groups excluding carboxylic acids is 3. The third kappa shape index (κ3) is 9.01. The van der Waals surface area contributed by atoms with E-state index in [4.69, 9.17) is 9.94 Å². The molecule has 256 valence electrons. The number of nitrogens with one attached hydrogen (secondary N) is 4. The van der Waals surface area contributed by atoms with Crippen molar-refractivity contribution in [2.45, 2.75) is 38.1 Å². The van der Waals surface area contributed by atoms with E-state index in [1.165, 1.54) is 32.4 Å². The molecule has 1 aromatic heterocycles. The zero-order valence-electron chi connectivity index (χ0n) is 27.0. The average molecular weight is 673 g/mol. The summed E-state index contributed by atoms with van der Waals surface area (Å²) in [5.74, 6) is -1.50. The molecule has 1 heterocycles. The van der Waals surface area contributed by atoms with Crippen molar-refractivity contribution < 1.29 is 33.5 Å². The topological polar surface area (TPSA) is 192 Å². The second-order valence-corrected chi connectivity index (χ2v) is 11.9. The predicted molar refractivity (Wildman–Crippen MR) is 176 cm³/mol. The molecule has 49 heavy (non-hydrogen) atoms. The molecule has 0 saturated heterocycles. The van der Waals surface area contributed by atoms with Crippen LogP contribution in [0.25, 0.3) is 22.5 Å². The van der Waals surface area contributed by atoms with Crippen molar-refractivity contribution in [3.8, 4) is 22.5 Å². The molecule has 1 fully saturated rings. The van der Waals surface area contributed by atoms with Crippen LogP contribution in [-0.2, 0) is 20.8 Å². The second kappa shape index (κ2) is 15.9. The smallest absolute Gasteiger partial charge is 0.404 e. The number of halogens is 1. The van der Waals surface area contributed by atoms with E-state index < -0.39 is 29.8 Å². The Labute approximate surface area is 281 Å². The number of hydrogen-bond donors (Lipinski definition) is 5. The van der Waals surface area contributed by atoms with Crippen LogP contribution in [0.4, 0.5) is 14.9 Å². The Morgan fingerprint density at radius 1 is 1.02 bits per heavy atom. The third-order valence-electron chi connectivity index (χ3n) is 8.60. The van der Waals surface area contributed by atoms with Crippen LogP contribution in [0.2, 0.25) is 0 Å². The Balaban J connectivity index is 1.34. The SMILES string of the molecule is CON(C)C(=O)c1ccc(F)c(-c2cccc(C[C@H](NC(=O)C3CCC(CNC(=O)O)CC3)C(=O)Nc3ccc(-c4nn[nH]n4)cc3)c2)c1. The molecule has 1 aliphatic carbocycles. The van der Waals surface area contributed by atoms with Gasteiger partial charge in [-0.3, -0.25) is 19.2 Å². The molecular weight excluding hydrogens is 635 g/mol. The number of amides is 4. The first kappa shape index (κ1) is 34.6. The highest BCUT2D eigenvalue weighted by atomic mass is 19.1. The molecule has 3 aromatic carbocycles. The lowest BCUT2D eigenvalue weighted by Crippen LogP contribution is -2.48. The summed E-state index contributed by atoms with van der Waals surface area (Å²) < 4.78 is 15.1. The summed E-state index contributed by atoms with van der Waals surface area (Å²) in [7, 11) is 2.81. The molecule has 1 aliphatic rings. The van der Waals surface area contributed by atoms with Crippen molar-refractivity contribution in [3.63, 3.8) is 0 Å². The number of tetrazole rings is 1. The highest BCUT2D eigenvalue weighted by Crippen LogP contribution is 2.30. The van der Waals surface area contributed by atoms with E-state index in [9.17, 15) is 19.2 Å². The fraction of sp³-hybridized carbons (Fsp3) is 0.324. The molecule has 5 rings (SSSR count). The first-order valence-corrected chi connectivity index (χ1v) is 15.7. The van der Waals surface area contributed by atoms with Crippen LogP contribution in [0.1, 0.15) is 41.6 Å². The maximum Gasteiger partial charge on any atom is 0.404 e. The van der Waals surface area contributed by atoms with Crippen LogP contribution >= 0.6 is 0 Å². The highest BCUT2D eigenvalue weighted by molar-refractivity contribution is 5.98. The lowest BCUT2D eigenvalue weighted by Gasteiger charge is -2.29. The lowest BCUT2D eigenvalue weighted by atomic mass is 9.81. The van der Waals surface area contributed by atoms with E-state index in [0.29, 0.717) is 60.4 Å². The molecular formula is C34H37FN8O6. The number of benzene rings is 3. The van der Waals surface area contributed by atoms with Gasteiger partial charge in [-0.05, 0) is 90.4 Å². The maximum atomic E-state index is 15.1. The molecule has 0 unspecified atom stereocenters. The molecule has 14 nitrogen and oxygen atoms in total. The van der Waals surface area contributed by atoms with Gasteiger partial charge in [0, 0.05) is 48.3 Å². The zero-order valence-corrected chi connectivity index (χ0v) is 27.0. The monoisotopic (exact) mass is 672 g/mol. The summed E-state index contributed by atoms with van der Waals surface area (Å²) in [6.45, 7) is 0.331. The van der Waals surface area contributed by atoms with Crippen molar-refractivity contribution in [1.82, 2.24) is 36.3 Å². The number of anilines is 1. The van der Waals surface area contributed by atoms with Gasteiger partial charge >= 0.3 is 6.09 Å². The molecule has 4 amide bonds. The van der Waals surface area contributed by atoms with Crippen molar-refractivity contribution in [1.29, 1.82) is 0 Å². The fourth-order valence-corrected chi connectivity index (χ4v) is 5.82. The fourth-order valence-electron chi connectivity index (χ4n) is 5.82. The Morgan fingerprint density at radius 3 is 2.45 bits per heavy atom. The van der Waals surface area contributed by atoms with Gasteiger partial charge in [0.05, 0.1) is 7.11 Å². The summed E-state index contributed by atoms with van der Waals surface area (Å²) in [6, 6.07) is 16.8. The Hall–Kier alpha value is -5.70. The number of nitrogens with zero attached hydrogens (tertiary/aromatic N) is 4. The van der Waals surface area contributed by atoms with E-state index in [2.05, 4.69) is 36.6 Å². The normalized spacial score (nSPS) is 16.3.